The Morgan fingerprint density at radius 1 is 1.15 bits per heavy atom. The van der Waals surface area contributed by atoms with Crippen molar-refractivity contribution in [2.24, 2.45) is 0 Å². The molecule has 1 N–H and O–H groups in total. The van der Waals surface area contributed by atoms with Gasteiger partial charge in [0.05, 0.1) is 15.7 Å². The number of alkyl halides is 2. The Hall–Kier alpha value is -3.39. The van der Waals surface area contributed by atoms with Crippen molar-refractivity contribution in [3.05, 3.63) is 92.2 Å². The van der Waals surface area contributed by atoms with Crippen LogP contribution in [-0.4, -0.2) is 14.7 Å². The topological polar surface area (TPSA) is 68.2 Å². The lowest BCUT2D eigenvalue weighted by Crippen LogP contribution is -2.31. The molecule has 0 radical (unpaired) electrons. The monoisotopic (exact) mass is 482 g/mol. The molecular formula is C26H24F2N2O3S. The van der Waals surface area contributed by atoms with Crippen molar-refractivity contribution in [1.29, 1.82) is 0 Å². The van der Waals surface area contributed by atoms with Crippen molar-refractivity contribution < 1.29 is 17.8 Å². The van der Waals surface area contributed by atoms with E-state index in [0.717, 1.165) is 16.0 Å². The van der Waals surface area contributed by atoms with E-state index in [2.05, 4.69) is 5.32 Å². The summed E-state index contributed by atoms with van der Waals surface area (Å²) in [7, 11) is -1.15. The smallest absolute Gasteiger partial charge is 0.263 e. The van der Waals surface area contributed by atoms with E-state index in [-0.39, 0.29) is 29.3 Å². The second kappa shape index (κ2) is 9.46. The molecule has 0 saturated heterocycles. The molecule has 0 spiro atoms. The van der Waals surface area contributed by atoms with Crippen LogP contribution in [0.1, 0.15) is 59.1 Å². The van der Waals surface area contributed by atoms with Crippen LogP contribution in [0.4, 0.5) is 8.78 Å². The second-order valence-corrected chi connectivity index (χ2v) is 9.72. The maximum Gasteiger partial charge on any atom is 0.263 e. The third-order valence-electron chi connectivity index (χ3n) is 5.83. The van der Waals surface area contributed by atoms with Gasteiger partial charge in [-0.25, -0.2) is 13.0 Å². The van der Waals surface area contributed by atoms with Crippen LogP contribution in [0.2, 0.25) is 0 Å². The average molecular weight is 483 g/mol. The molecule has 176 valence electrons. The Morgan fingerprint density at radius 3 is 2.62 bits per heavy atom. The molecule has 1 amide bonds. The van der Waals surface area contributed by atoms with Gasteiger partial charge in [0.1, 0.15) is 5.56 Å². The number of benzene rings is 2. The first kappa shape index (κ1) is 23.8. The van der Waals surface area contributed by atoms with Gasteiger partial charge >= 0.3 is 0 Å². The molecule has 5 nitrogen and oxygen atoms in total. The SMILES string of the molecule is Cc1c(-c2cccc(C(F)F)c2)c(=O)c(C(=O)NCc2ccc3c(c2)C=CS3=O)cn1C(C)C. The normalized spacial score (nSPS) is 14.6. The molecule has 1 atom stereocenters. The van der Waals surface area contributed by atoms with Gasteiger partial charge in [0.25, 0.3) is 12.3 Å². The Balaban J connectivity index is 1.70. The highest BCUT2D eigenvalue weighted by molar-refractivity contribution is 7.88. The fourth-order valence-electron chi connectivity index (χ4n) is 4.10. The molecule has 0 bridgehead atoms. The summed E-state index contributed by atoms with van der Waals surface area (Å²) in [5.41, 5.74) is 2.07. The van der Waals surface area contributed by atoms with Crippen LogP contribution in [0.3, 0.4) is 0 Å². The van der Waals surface area contributed by atoms with Crippen LogP contribution in [0.15, 0.2) is 63.8 Å². The number of fused-ring (bicyclic) bond motifs is 1. The fraction of sp³-hybridized carbons (Fsp3) is 0.231. The third kappa shape index (κ3) is 4.50. The van der Waals surface area contributed by atoms with E-state index in [1.165, 1.54) is 24.4 Å². The maximum absolute atomic E-state index is 13.4. The van der Waals surface area contributed by atoms with E-state index in [0.29, 0.717) is 11.3 Å². The average Bonchev–Trinajstić information content (AvgIpc) is 3.17. The summed E-state index contributed by atoms with van der Waals surface area (Å²) in [5, 5.41) is 4.39. The summed E-state index contributed by atoms with van der Waals surface area (Å²) in [6, 6.07) is 11.0. The minimum atomic E-state index is -2.67. The molecule has 3 aromatic rings. The highest BCUT2D eigenvalue weighted by Gasteiger charge is 2.21. The standard InChI is InChI=1S/C26H24F2N2O3S/c1-15(2)30-14-21(24(31)23(16(30)3)19-5-4-6-20(12-19)25(27)28)26(32)29-13-17-7-8-22-18(11-17)9-10-34(22)33/h4-12,14-15,25H,13H2,1-3H3,(H,29,32). The number of nitrogens with zero attached hydrogens (tertiary/aromatic N) is 1. The third-order valence-corrected chi connectivity index (χ3v) is 7.02. The summed E-state index contributed by atoms with van der Waals surface area (Å²) >= 11 is 0. The number of hydrogen-bond donors (Lipinski definition) is 1. The number of halogens is 2. The first-order chi connectivity index (χ1) is 16.2. The molecule has 0 fully saturated rings. The number of rotatable bonds is 6. The lowest BCUT2D eigenvalue weighted by Gasteiger charge is -2.20. The number of amides is 1. The molecule has 0 aliphatic carbocycles. The van der Waals surface area contributed by atoms with E-state index >= 15 is 0 Å². The van der Waals surface area contributed by atoms with Gasteiger partial charge in [-0.3, -0.25) is 9.59 Å². The van der Waals surface area contributed by atoms with E-state index in [1.807, 2.05) is 19.9 Å². The summed E-state index contributed by atoms with van der Waals surface area (Å²) < 4.78 is 40.2. The zero-order chi connectivity index (χ0) is 24.6. The molecule has 2 heterocycles. The van der Waals surface area contributed by atoms with Crippen LogP contribution < -0.4 is 10.7 Å². The minimum absolute atomic E-state index is 0.0566. The summed E-state index contributed by atoms with van der Waals surface area (Å²) in [6.07, 6.45) is 0.628. The summed E-state index contributed by atoms with van der Waals surface area (Å²) in [6.45, 7) is 5.76. The molecule has 1 aromatic heterocycles. The lowest BCUT2D eigenvalue weighted by molar-refractivity contribution is 0.0949. The van der Waals surface area contributed by atoms with Gasteiger partial charge in [0.15, 0.2) is 0 Å². The molecule has 1 aliphatic heterocycles. The van der Waals surface area contributed by atoms with E-state index in [4.69, 9.17) is 0 Å². The number of pyridine rings is 1. The molecule has 2 aromatic carbocycles. The molecule has 0 saturated carbocycles. The van der Waals surface area contributed by atoms with Crippen molar-refractivity contribution in [2.45, 2.75) is 44.7 Å². The Morgan fingerprint density at radius 2 is 1.91 bits per heavy atom. The molecule has 1 aliphatic rings. The van der Waals surface area contributed by atoms with Crippen molar-refractivity contribution in [3.8, 4) is 11.1 Å². The molecule has 34 heavy (non-hydrogen) atoms. The van der Waals surface area contributed by atoms with Crippen molar-refractivity contribution in [3.63, 3.8) is 0 Å². The predicted octanol–water partition coefficient (Wildman–Crippen LogP) is 5.36. The van der Waals surface area contributed by atoms with E-state index < -0.39 is 28.6 Å². The van der Waals surface area contributed by atoms with Gasteiger partial charge in [-0.15, -0.1) is 0 Å². The van der Waals surface area contributed by atoms with Gasteiger partial charge in [-0.05, 0) is 61.7 Å². The lowest BCUT2D eigenvalue weighted by atomic mass is 9.98. The van der Waals surface area contributed by atoms with Gasteiger partial charge in [-0.1, -0.05) is 24.3 Å². The number of hydrogen-bond acceptors (Lipinski definition) is 3. The second-order valence-electron chi connectivity index (χ2n) is 8.41. The minimum Gasteiger partial charge on any atom is -0.348 e. The molecular weight excluding hydrogens is 458 g/mol. The van der Waals surface area contributed by atoms with Crippen LogP contribution >= 0.6 is 0 Å². The van der Waals surface area contributed by atoms with Crippen LogP contribution in [0.5, 0.6) is 0 Å². The van der Waals surface area contributed by atoms with E-state index in [1.54, 1.807) is 41.2 Å². The highest BCUT2D eigenvalue weighted by atomic mass is 32.2. The fourth-order valence-corrected chi connectivity index (χ4v) is 5.08. The number of nitrogens with one attached hydrogen (secondary N) is 1. The summed E-state index contributed by atoms with van der Waals surface area (Å²) in [5.74, 6) is -0.551. The Labute approximate surface area is 198 Å². The van der Waals surface area contributed by atoms with Crippen LogP contribution in [0.25, 0.3) is 17.2 Å². The van der Waals surface area contributed by atoms with Crippen molar-refractivity contribution >= 4 is 22.8 Å². The van der Waals surface area contributed by atoms with Gasteiger partial charge < -0.3 is 9.88 Å². The zero-order valence-corrected chi connectivity index (χ0v) is 19.8. The maximum atomic E-state index is 13.4. The Kier molecular flexibility index (Phi) is 6.61. The molecule has 8 heteroatoms. The first-order valence-electron chi connectivity index (χ1n) is 10.8. The molecule has 4 rings (SSSR count). The number of carbonyl (C=O) groups excluding carboxylic acids is 1. The highest BCUT2D eigenvalue weighted by Crippen LogP contribution is 2.28. The predicted molar refractivity (Wildman–Crippen MR) is 129 cm³/mol. The number of carbonyl (C=O) groups is 1. The van der Waals surface area contributed by atoms with E-state index in [9.17, 15) is 22.6 Å². The van der Waals surface area contributed by atoms with Gasteiger partial charge in [-0.2, -0.15) is 0 Å². The van der Waals surface area contributed by atoms with Crippen LogP contribution in [0, 0.1) is 6.92 Å². The molecule has 1 unspecified atom stereocenters. The summed E-state index contributed by atoms with van der Waals surface area (Å²) in [4.78, 5) is 27.2. The van der Waals surface area contributed by atoms with Crippen molar-refractivity contribution in [1.82, 2.24) is 9.88 Å². The first-order valence-corrected chi connectivity index (χ1v) is 12.0. The Bertz CT molecular complexity index is 1390. The number of aromatic nitrogens is 1. The zero-order valence-electron chi connectivity index (χ0n) is 19.0. The quantitative estimate of drug-likeness (QED) is 0.514. The van der Waals surface area contributed by atoms with Crippen LogP contribution in [-0.2, 0) is 17.3 Å². The van der Waals surface area contributed by atoms with Gasteiger partial charge in [0, 0.05) is 41.0 Å². The van der Waals surface area contributed by atoms with Gasteiger partial charge in [0.2, 0.25) is 5.43 Å². The largest absolute Gasteiger partial charge is 0.348 e. The van der Waals surface area contributed by atoms with Crippen molar-refractivity contribution in [2.75, 3.05) is 0 Å².